The van der Waals surface area contributed by atoms with Gasteiger partial charge in [0.05, 0.1) is 5.69 Å². The van der Waals surface area contributed by atoms with Gasteiger partial charge >= 0.3 is 0 Å². The minimum Gasteiger partial charge on any atom is -0.333 e. The molecular weight excluding hydrogens is 312 g/mol. The molecule has 1 unspecified atom stereocenters. The number of carbonyl (C=O) groups excluding carboxylic acids is 1. The molecule has 25 heavy (non-hydrogen) atoms. The second-order valence-corrected chi connectivity index (χ2v) is 7.26. The number of carbonyl (C=O) groups is 1. The summed E-state index contributed by atoms with van der Waals surface area (Å²) in [5.74, 6) is 0.0666. The summed E-state index contributed by atoms with van der Waals surface area (Å²) in [5.41, 5.74) is 11.1. The Morgan fingerprint density at radius 3 is 2.72 bits per heavy atom. The van der Waals surface area contributed by atoms with Gasteiger partial charge in [-0.15, -0.1) is 0 Å². The first-order chi connectivity index (χ1) is 12.2. The summed E-state index contributed by atoms with van der Waals surface area (Å²) in [6, 6.07) is 8.53. The van der Waals surface area contributed by atoms with Crippen molar-refractivity contribution in [2.45, 2.75) is 51.5 Å². The maximum atomic E-state index is 13.2. The molecule has 1 aliphatic carbocycles. The van der Waals surface area contributed by atoms with Crippen LogP contribution in [-0.2, 0) is 12.8 Å². The standard InChI is InChI=1S/C20H26N4O/c1-14-8-10-15(11-9-14)24-18-7-3-2-6-17(18)19(22-24)20(25)23-12-4-5-16(23)13-21/h8-11,16H,2-7,12-13,21H2,1H3. The Labute approximate surface area is 148 Å². The van der Waals surface area contributed by atoms with Crippen molar-refractivity contribution >= 4 is 5.91 Å². The van der Waals surface area contributed by atoms with Crippen molar-refractivity contribution in [2.75, 3.05) is 13.1 Å². The van der Waals surface area contributed by atoms with Gasteiger partial charge in [0.25, 0.3) is 5.91 Å². The summed E-state index contributed by atoms with van der Waals surface area (Å²) in [5, 5.41) is 4.79. The highest BCUT2D eigenvalue weighted by Gasteiger charge is 2.33. The second kappa shape index (κ2) is 6.64. The van der Waals surface area contributed by atoms with E-state index in [1.165, 1.54) is 11.3 Å². The van der Waals surface area contributed by atoms with E-state index in [1.54, 1.807) is 0 Å². The Balaban J connectivity index is 1.75. The fourth-order valence-corrected chi connectivity index (χ4v) is 4.15. The fraction of sp³-hybridized carbons (Fsp3) is 0.500. The number of nitrogens with zero attached hydrogens (tertiary/aromatic N) is 3. The van der Waals surface area contributed by atoms with Gasteiger partial charge in [0.2, 0.25) is 0 Å². The van der Waals surface area contributed by atoms with E-state index in [0.29, 0.717) is 12.2 Å². The van der Waals surface area contributed by atoms with Gasteiger partial charge in [-0.05, 0) is 57.6 Å². The molecule has 2 N–H and O–H groups in total. The molecule has 1 saturated heterocycles. The van der Waals surface area contributed by atoms with E-state index in [1.807, 2.05) is 9.58 Å². The molecule has 1 amide bonds. The first-order valence-corrected chi connectivity index (χ1v) is 9.38. The number of fused-ring (bicyclic) bond motifs is 1. The molecule has 5 nitrogen and oxygen atoms in total. The Hall–Kier alpha value is -2.14. The molecule has 5 heteroatoms. The Morgan fingerprint density at radius 1 is 1.20 bits per heavy atom. The molecule has 2 heterocycles. The molecule has 4 rings (SSSR count). The van der Waals surface area contributed by atoms with Crippen LogP contribution < -0.4 is 5.73 Å². The average Bonchev–Trinajstić information content (AvgIpc) is 3.26. The van der Waals surface area contributed by atoms with Gasteiger partial charge in [0.15, 0.2) is 5.69 Å². The van der Waals surface area contributed by atoms with E-state index in [4.69, 9.17) is 10.8 Å². The van der Waals surface area contributed by atoms with Gasteiger partial charge in [-0.2, -0.15) is 5.10 Å². The summed E-state index contributed by atoms with van der Waals surface area (Å²) in [6.07, 6.45) is 6.27. The van der Waals surface area contributed by atoms with Gasteiger partial charge in [-0.1, -0.05) is 17.7 Å². The number of aromatic nitrogens is 2. The Bertz CT molecular complexity index is 778. The lowest BCUT2D eigenvalue weighted by Crippen LogP contribution is -2.40. The second-order valence-electron chi connectivity index (χ2n) is 7.26. The maximum Gasteiger partial charge on any atom is 0.274 e. The first kappa shape index (κ1) is 16.3. The molecule has 1 aliphatic heterocycles. The molecular formula is C20H26N4O. The predicted octanol–water partition coefficient (Wildman–Crippen LogP) is 2.62. The number of amides is 1. The molecule has 2 aliphatic rings. The van der Waals surface area contributed by atoms with Crippen molar-refractivity contribution in [3.63, 3.8) is 0 Å². The number of benzene rings is 1. The van der Waals surface area contributed by atoms with Crippen LogP contribution in [0.1, 0.15) is 53.0 Å². The van der Waals surface area contributed by atoms with Crippen molar-refractivity contribution in [3.05, 3.63) is 46.8 Å². The highest BCUT2D eigenvalue weighted by atomic mass is 16.2. The number of aryl methyl sites for hydroxylation is 1. The third-order valence-electron chi connectivity index (χ3n) is 5.57. The first-order valence-electron chi connectivity index (χ1n) is 9.38. The molecule has 1 aromatic heterocycles. The zero-order valence-corrected chi connectivity index (χ0v) is 14.9. The van der Waals surface area contributed by atoms with E-state index >= 15 is 0 Å². The average molecular weight is 338 g/mol. The van der Waals surface area contributed by atoms with Crippen LogP contribution in [0.15, 0.2) is 24.3 Å². The van der Waals surface area contributed by atoms with Crippen molar-refractivity contribution in [1.82, 2.24) is 14.7 Å². The number of hydrogen-bond donors (Lipinski definition) is 1. The van der Waals surface area contributed by atoms with Crippen molar-refractivity contribution in [3.8, 4) is 5.69 Å². The topological polar surface area (TPSA) is 64.2 Å². The lowest BCUT2D eigenvalue weighted by molar-refractivity contribution is 0.0733. The number of nitrogens with two attached hydrogens (primary N) is 1. The van der Waals surface area contributed by atoms with E-state index in [2.05, 4.69) is 31.2 Å². The lowest BCUT2D eigenvalue weighted by Gasteiger charge is -2.23. The zero-order valence-electron chi connectivity index (χ0n) is 14.9. The van der Waals surface area contributed by atoms with E-state index in [-0.39, 0.29) is 11.9 Å². The number of likely N-dealkylation sites (tertiary alicyclic amines) is 1. The van der Waals surface area contributed by atoms with Gasteiger partial charge in [-0.3, -0.25) is 4.79 Å². The van der Waals surface area contributed by atoms with Crippen LogP contribution in [0.2, 0.25) is 0 Å². The minimum absolute atomic E-state index is 0.0666. The SMILES string of the molecule is Cc1ccc(-n2nc(C(=O)N3CCCC3CN)c3c2CCCC3)cc1. The van der Waals surface area contributed by atoms with Crippen LogP contribution in [0.25, 0.3) is 5.69 Å². The molecule has 2 aromatic rings. The van der Waals surface area contributed by atoms with Crippen LogP contribution in [0.3, 0.4) is 0 Å². The van der Waals surface area contributed by atoms with E-state index in [9.17, 15) is 4.79 Å². The third-order valence-corrected chi connectivity index (χ3v) is 5.57. The quantitative estimate of drug-likeness (QED) is 0.936. The molecule has 0 radical (unpaired) electrons. The van der Waals surface area contributed by atoms with Crippen LogP contribution >= 0.6 is 0 Å². The molecule has 1 fully saturated rings. The maximum absolute atomic E-state index is 13.2. The van der Waals surface area contributed by atoms with Gasteiger partial charge in [0.1, 0.15) is 0 Å². The molecule has 0 bridgehead atoms. The number of hydrogen-bond acceptors (Lipinski definition) is 3. The molecule has 132 valence electrons. The van der Waals surface area contributed by atoms with E-state index in [0.717, 1.165) is 56.3 Å². The number of rotatable bonds is 3. The summed E-state index contributed by atoms with van der Waals surface area (Å²) in [4.78, 5) is 15.1. The monoisotopic (exact) mass is 338 g/mol. The highest BCUT2D eigenvalue weighted by molar-refractivity contribution is 5.94. The van der Waals surface area contributed by atoms with Crippen molar-refractivity contribution < 1.29 is 4.79 Å². The fourth-order valence-electron chi connectivity index (χ4n) is 4.15. The minimum atomic E-state index is 0.0666. The molecule has 1 atom stereocenters. The molecule has 1 aromatic carbocycles. The summed E-state index contributed by atoms with van der Waals surface area (Å²) < 4.78 is 1.99. The highest BCUT2D eigenvalue weighted by Crippen LogP contribution is 2.29. The normalized spacial score (nSPS) is 19.9. The van der Waals surface area contributed by atoms with Crippen molar-refractivity contribution in [1.29, 1.82) is 0 Å². The van der Waals surface area contributed by atoms with Crippen LogP contribution in [0.4, 0.5) is 0 Å². The Morgan fingerprint density at radius 2 is 1.96 bits per heavy atom. The van der Waals surface area contributed by atoms with E-state index < -0.39 is 0 Å². The summed E-state index contributed by atoms with van der Waals surface area (Å²) >= 11 is 0. The van der Waals surface area contributed by atoms with Gasteiger partial charge in [0, 0.05) is 30.4 Å². The largest absolute Gasteiger partial charge is 0.333 e. The summed E-state index contributed by atoms with van der Waals surface area (Å²) in [7, 11) is 0. The zero-order chi connectivity index (χ0) is 17.4. The van der Waals surface area contributed by atoms with Crippen LogP contribution in [0, 0.1) is 6.92 Å². The van der Waals surface area contributed by atoms with Gasteiger partial charge in [-0.25, -0.2) is 4.68 Å². The predicted molar refractivity (Wildman–Crippen MR) is 98.1 cm³/mol. The molecule has 0 saturated carbocycles. The Kier molecular flexibility index (Phi) is 4.34. The molecule has 0 spiro atoms. The van der Waals surface area contributed by atoms with Gasteiger partial charge < -0.3 is 10.6 Å². The van der Waals surface area contributed by atoms with Crippen LogP contribution in [0.5, 0.6) is 0 Å². The smallest absolute Gasteiger partial charge is 0.274 e. The van der Waals surface area contributed by atoms with Crippen LogP contribution in [-0.4, -0.2) is 39.7 Å². The lowest BCUT2D eigenvalue weighted by atomic mass is 9.95. The van der Waals surface area contributed by atoms with Crippen molar-refractivity contribution in [2.24, 2.45) is 5.73 Å². The summed E-state index contributed by atoms with van der Waals surface area (Å²) in [6.45, 7) is 3.41. The third kappa shape index (κ3) is 2.86.